The molecule has 0 aliphatic rings. The first-order chi connectivity index (χ1) is 10.5. The summed E-state index contributed by atoms with van der Waals surface area (Å²) >= 11 is 1.27. The monoisotopic (exact) mass is 319 g/mol. The number of nitrogens with two attached hydrogens (primary N) is 1. The number of hydrogen-bond acceptors (Lipinski definition) is 5. The van der Waals surface area contributed by atoms with Gasteiger partial charge in [0.15, 0.2) is 0 Å². The molecule has 1 heterocycles. The Morgan fingerprint density at radius 1 is 1.36 bits per heavy atom. The molecule has 0 radical (unpaired) electrons. The summed E-state index contributed by atoms with van der Waals surface area (Å²) in [6, 6.07) is 6.23. The van der Waals surface area contributed by atoms with Crippen molar-refractivity contribution in [1.82, 2.24) is 4.90 Å². The summed E-state index contributed by atoms with van der Waals surface area (Å²) in [5, 5.41) is 13.1. The SMILES string of the molecule is CCN(CC)C(=O)c1c(-c2cccc([N+](=O)[O-])c2)csc1N. The molecule has 0 saturated carbocycles. The van der Waals surface area contributed by atoms with Crippen molar-refractivity contribution in [2.45, 2.75) is 13.8 Å². The highest BCUT2D eigenvalue weighted by atomic mass is 32.1. The molecule has 22 heavy (non-hydrogen) atoms. The number of anilines is 1. The van der Waals surface area contributed by atoms with Gasteiger partial charge in [0, 0.05) is 36.2 Å². The van der Waals surface area contributed by atoms with Crippen LogP contribution in [0.5, 0.6) is 0 Å². The molecule has 0 fully saturated rings. The zero-order valence-electron chi connectivity index (χ0n) is 12.4. The molecule has 0 aliphatic carbocycles. The fourth-order valence-electron chi connectivity index (χ4n) is 2.26. The summed E-state index contributed by atoms with van der Waals surface area (Å²) in [5.74, 6) is -0.148. The highest BCUT2D eigenvalue weighted by Crippen LogP contribution is 2.35. The van der Waals surface area contributed by atoms with E-state index < -0.39 is 4.92 Å². The number of nitrogens with zero attached hydrogens (tertiary/aromatic N) is 2. The standard InChI is InChI=1S/C15H17N3O3S/c1-3-17(4-2)15(19)13-12(9-22-14(13)16)10-6-5-7-11(8-10)18(20)21/h5-9H,3-4,16H2,1-2H3. The van der Waals surface area contributed by atoms with Crippen LogP contribution in [0.1, 0.15) is 24.2 Å². The van der Waals surface area contributed by atoms with Crippen molar-refractivity contribution < 1.29 is 9.72 Å². The number of nitro benzene ring substituents is 1. The predicted molar refractivity (Wildman–Crippen MR) is 88.1 cm³/mol. The van der Waals surface area contributed by atoms with Crippen LogP contribution < -0.4 is 5.73 Å². The molecule has 0 spiro atoms. The van der Waals surface area contributed by atoms with Gasteiger partial charge in [0.05, 0.1) is 15.5 Å². The highest BCUT2D eigenvalue weighted by molar-refractivity contribution is 7.15. The minimum atomic E-state index is -0.453. The van der Waals surface area contributed by atoms with Crippen LogP contribution in [0.4, 0.5) is 10.7 Å². The molecular weight excluding hydrogens is 302 g/mol. The van der Waals surface area contributed by atoms with E-state index >= 15 is 0 Å². The Bertz CT molecular complexity index is 708. The minimum Gasteiger partial charge on any atom is -0.390 e. The Morgan fingerprint density at radius 2 is 2.05 bits per heavy atom. The van der Waals surface area contributed by atoms with Gasteiger partial charge in [-0.25, -0.2) is 0 Å². The first-order valence-electron chi connectivity index (χ1n) is 6.90. The van der Waals surface area contributed by atoms with Crippen molar-refractivity contribution in [3.8, 4) is 11.1 Å². The van der Waals surface area contributed by atoms with E-state index in [9.17, 15) is 14.9 Å². The maximum atomic E-state index is 12.6. The summed E-state index contributed by atoms with van der Waals surface area (Å²) in [5.41, 5.74) is 7.64. The molecule has 2 rings (SSSR count). The van der Waals surface area contributed by atoms with E-state index in [1.54, 1.807) is 22.4 Å². The van der Waals surface area contributed by atoms with Gasteiger partial charge in [0.2, 0.25) is 0 Å². The summed E-state index contributed by atoms with van der Waals surface area (Å²) in [6.07, 6.45) is 0. The molecule has 2 N–H and O–H groups in total. The zero-order chi connectivity index (χ0) is 16.3. The van der Waals surface area contributed by atoms with E-state index in [0.717, 1.165) is 0 Å². The Hall–Kier alpha value is -2.41. The summed E-state index contributed by atoms with van der Waals surface area (Å²) in [6.45, 7) is 4.96. The molecule has 1 amide bonds. The number of benzene rings is 1. The molecule has 1 aromatic heterocycles. The van der Waals surface area contributed by atoms with Crippen LogP contribution in [0.15, 0.2) is 29.6 Å². The third-order valence-electron chi connectivity index (χ3n) is 3.45. The topological polar surface area (TPSA) is 89.5 Å². The number of rotatable bonds is 5. The fraction of sp³-hybridized carbons (Fsp3) is 0.267. The van der Waals surface area contributed by atoms with E-state index in [4.69, 9.17) is 5.73 Å². The molecule has 1 aromatic carbocycles. The summed E-state index contributed by atoms with van der Waals surface area (Å²) in [4.78, 5) is 24.8. The molecule has 0 aliphatic heterocycles. The fourth-order valence-corrected chi connectivity index (χ4v) is 3.08. The Labute approximate surface area is 132 Å². The van der Waals surface area contributed by atoms with Crippen molar-refractivity contribution in [3.05, 3.63) is 45.3 Å². The minimum absolute atomic E-state index is 0.0106. The van der Waals surface area contributed by atoms with E-state index in [1.165, 1.54) is 23.5 Å². The van der Waals surface area contributed by atoms with Crippen molar-refractivity contribution in [2.75, 3.05) is 18.8 Å². The van der Waals surface area contributed by atoms with Gasteiger partial charge in [-0.1, -0.05) is 12.1 Å². The van der Waals surface area contributed by atoms with Crippen LogP contribution in [0.3, 0.4) is 0 Å². The van der Waals surface area contributed by atoms with Gasteiger partial charge in [0.1, 0.15) is 0 Å². The lowest BCUT2D eigenvalue weighted by atomic mass is 10.0. The molecule has 2 aromatic rings. The molecule has 7 heteroatoms. The van der Waals surface area contributed by atoms with Crippen LogP contribution in [0.2, 0.25) is 0 Å². The highest BCUT2D eigenvalue weighted by Gasteiger charge is 2.23. The van der Waals surface area contributed by atoms with Crippen molar-refractivity contribution in [3.63, 3.8) is 0 Å². The number of hydrogen-bond donors (Lipinski definition) is 1. The number of amides is 1. The number of thiophene rings is 1. The molecule has 6 nitrogen and oxygen atoms in total. The Balaban J connectivity index is 2.52. The molecule has 0 bridgehead atoms. The quantitative estimate of drug-likeness (QED) is 0.675. The van der Waals surface area contributed by atoms with Crippen molar-refractivity contribution >= 4 is 27.9 Å². The molecule has 0 unspecified atom stereocenters. The normalized spacial score (nSPS) is 10.5. The van der Waals surface area contributed by atoms with Crippen LogP contribution in [-0.2, 0) is 0 Å². The van der Waals surface area contributed by atoms with Crippen LogP contribution in [0.25, 0.3) is 11.1 Å². The van der Waals surface area contributed by atoms with Gasteiger partial charge in [-0.3, -0.25) is 14.9 Å². The van der Waals surface area contributed by atoms with E-state index in [0.29, 0.717) is 34.8 Å². The van der Waals surface area contributed by atoms with Gasteiger partial charge >= 0.3 is 0 Å². The maximum Gasteiger partial charge on any atom is 0.270 e. The molecule has 0 atom stereocenters. The number of carbonyl (C=O) groups is 1. The third-order valence-corrected chi connectivity index (χ3v) is 4.26. The van der Waals surface area contributed by atoms with Crippen LogP contribution in [0, 0.1) is 10.1 Å². The van der Waals surface area contributed by atoms with Crippen molar-refractivity contribution in [1.29, 1.82) is 0 Å². The maximum absolute atomic E-state index is 12.6. The first kappa shape index (κ1) is 16.0. The smallest absolute Gasteiger partial charge is 0.270 e. The van der Waals surface area contributed by atoms with Gasteiger partial charge in [0.25, 0.3) is 11.6 Å². The van der Waals surface area contributed by atoms with E-state index in [-0.39, 0.29) is 11.6 Å². The second-order valence-electron chi connectivity index (χ2n) is 4.67. The van der Waals surface area contributed by atoms with Crippen LogP contribution in [-0.4, -0.2) is 28.8 Å². The lowest BCUT2D eigenvalue weighted by molar-refractivity contribution is -0.384. The van der Waals surface area contributed by atoms with E-state index in [1.807, 2.05) is 13.8 Å². The average molecular weight is 319 g/mol. The lowest BCUT2D eigenvalue weighted by Gasteiger charge is -2.19. The first-order valence-corrected chi connectivity index (χ1v) is 7.78. The van der Waals surface area contributed by atoms with Crippen molar-refractivity contribution in [2.24, 2.45) is 0 Å². The Morgan fingerprint density at radius 3 is 2.64 bits per heavy atom. The predicted octanol–water partition coefficient (Wildman–Crippen LogP) is 3.39. The second kappa shape index (κ2) is 6.57. The van der Waals surface area contributed by atoms with Gasteiger partial charge in [-0.2, -0.15) is 0 Å². The molecule has 116 valence electrons. The summed E-state index contributed by atoms with van der Waals surface area (Å²) < 4.78 is 0. The molecular formula is C15H17N3O3S. The molecule has 0 saturated heterocycles. The summed E-state index contributed by atoms with van der Waals surface area (Å²) in [7, 11) is 0. The third kappa shape index (κ3) is 2.94. The van der Waals surface area contributed by atoms with Crippen LogP contribution >= 0.6 is 11.3 Å². The zero-order valence-corrected chi connectivity index (χ0v) is 13.2. The van der Waals surface area contributed by atoms with E-state index in [2.05, 4.69) is 0 Å². The lowest BCUT2D eigenvalue weighted by Crippen LogP contribution is -2.31. The number of nitro groups is 1. The van der Waals surface area contributed by atoms with Gasteiger partial charge < -0.3 is 10.6 Å². The number of carbonyl (C=O) groups excluding carboxylic acids is 1. The second-order valence-corrected chi connectivity index (χ2v) is 5.58. The Kier molecular flexibility index (Phi) is 4.77. The average Bonchev–Trinajstić information content (AvgIpc) is 2.90. The largest absolute Gasteiger partial charge is 0.390 e. The van der Waals surface area contributed by atoms with Gasteiger partial charge in [-0.15, -0.1) is 11.3 Å². The number of nitrogen functional groups attached to an aromatic ring is 1. The van der Waals surface area contributed by atoms with Gasteiger partial charge in [-0.05, 0) is 19.4 Å². The number of non-ortho nitro benzene ring substituents is 1.